The van der Waals surface area contributed by atoms with Crippen LogP contribution in [0.1, 0.15) is 19.3 Å². The largest absolute Gasteiger partial charge is 0.409 e. The molecule has 102 valence electrons. The molecule has 0 radical (unpaired) electrons. The minimum absolute atomic E-state index is 0.0436. The Kier molecular flexibility index (Phi) is 4.19. The van der Waals surface area contributed by atoms with Gasteiger partial charge in [0.05, 0.1) is 10.7 Å². The van der Waals surface area contributed by atoms with E-state index < -0.39 is 5.41 Å². The summed E-state index contributed by atoms with van der Waals surface area (Å²) in [5.74, 6) is -0.324. The number of carbonyl (C=O) groups excluding carboxylic acids is 1. The van der Waals surface area contributed by atoms with Crippen molar-refractivity contribution in [2.24, 2.45) is 16.3 Å². The van der Waals surface area contributed by atoms with Crippen LogP contribution in [0.4, 0.5) is 5.69 Å². The van der Waals surface area contributed by atoms with Crippen molar-refractivity contribution in [2.75, 3.05) is 5.32 Å². The number of rotatable bonds is 3. The van der Waals surface area contributed by atoms with Gasteiger partial charge in [0.2, 0.25) is 5.91 Å². The molecule has 1 aliphatic carbocycles. The first-order chi connectivity index (χ1) is 8.99. The van der Waals surface area contributed by atoms with Gasteiger partial charge in [0.25, 0.3) is 0 Å². The molecule has 0 heterocycles. The Hall–Kier alpha value is -1.02. The van der Waals surface area contributed by atoms with Crippen molar-refractivity contribution < 1.29 is 10.0 Å². The zero-order chi connectivity index (χ0) is 14.0. The fourth-order valence-corrected chi connectivity index (χ4v) is 2.96. The number of amidine groups is 1. The SMILES string of the molecule is N/C(=N/O)C1(C(=O)Nc2ccc(I)cc2Cl)CCC1. The zero-order valence-electron chi connectivity index (χ0n) is 9.99. The molecule has 0 unspecified atom stereocenters. The van der Waals surface area contributed by atoms with E-state index in [0.717, 1.165) is 9.99 Å². The van der Waals surface area contributed by atoms with Crippen LogP contribution in [0, 0.1) is 8.99 Å². The lowest BCUT2D eigenvalue weighted by Crippen LogP contribution is -2.51. The molecule has 1 fully saturated rings. The van der Waals surface area contributed by atoms with Crippen LogP contribution in [-0.4, -0.2) is 17.0 Å². The maximum atomic E-state index is 12.3. The number of oxime groups is 1. The van der Waals surface area contributed by atoms with E-state index in [9.17, 15) is 4.79 Å². The lowest BCUT2D eigenvalue weighted by Gasteiger charge is -2.38. The fourth-order valence-electron chi connectivity index (χ4n) is 2.06. The van der Waals surface area contributed by atoms with E-state index in [1.54, 1.807) is 12.1 Å². The molecular formula is C12H13ClIN3O2. The highest BCUT2D eigenvalue weighted by molar-refractivity contribution is 14.1. The van der Waals surface area contributed by atoms with Gasteiger partial charge in [-0.2, -0.15) is 0 Å². The van der Waals surface area contributed by atoms with Crippen molar-refractivity contribution in [1.82, 2.24) is 0 Å². The average molecular weight is 394 g/mol. The molecule has 4 N–H and O–H groups in total. The van der Waals surface area contributed by atoms with Gasteiger partial charge in [0, 0.05) is 3.57 Å². The van der Waals surface area contributed by atoms with Crippen LogP contribution in [0.2, 0.25) is 5.02 Å². The van der Waals surface area contributed by atoms with E-state index in [4.69, 9.17) is 22.5 Å². The highest BCUT2D eigenvalue weighted by Gasteiger charge is 2.48. The molecule has 1 aromatic rings. The van der Waals surface area contributed by atoms with Crippen molar-refractivity contribution in [3.63, 3.8) is 0 Å². The summed E-state index contributed by atoms with van der Waals surface area (Å²) in [6.07, 6.45) is 2.04. The highest BCUT2D eigenvalue weighted by Crippen LogP contribution is 2.42. The van der Waals surface area contributed by atoms with E-state index in [1.165, 1.54) is 0 Å². The standard InChI is InChI=1S/C12H13ClIN3O2/c13-8-6-7(14)2-3-9(8)16-11(18)12(4-1-5-12)10(15)17-19/h2-3,6,19H,1,4-5H2,(H2,15,17)(H,16,18). The summed E-state index contributed by atoms with van der Waals surface area (Å²) >= 11 is 8.21. The Morgan fingerprint density at radius 1 is 1.53 bits per heavy atom. The average Bonchev–Trinajstić information content (AvgIpc) is 2.31. The van der Waals surface area contributed by atoms with Crippen LogP contribution in [-0.2, 0) is 4.79 Å². The smallest absolute Gasteiger partial charge is 0.238 e. The zero-order valence-corrected chi connectivity index (χ0v) is 12.9. The topological polar surface area (TPSA) is 87.7 Å². The van der Waals surface area contributed by atoms with E-state index in [2.05, 4.69) is 33.1 Å². The second-order valence-electron chi connectivity index (χ2n) is 4.50. The maximum Gasteiger partial charge on any atom is 0.238 e. The van der Waals surface area contributed by atoms with Gasteiger partial charge in [-0.1, -0.05) is 23.2 Å². The second kappa shape index (κ2) is 5.54. The normalized spacial score (nSPS) is 17.7. The molecule has 19 heavy (non-hydrogen) atoms. The Labute approximate surface area is 129 Å². The fraction of sp³-hybridized carbons (Fsp3) is 0.333. The van der Waals surface area contributed by atoms with Gasteiger partial charge in [0.15, 0.2) is 5.84 Å². The molecule has 0 spiro atoms. The molecule has 0 aromatic heterocycles. The van der Waals surface area contributed by atoms with Crippen LogP contribution in [0.15, 0.2) is 23.4 Å². The molecule has 1 saturated carbocycles. The number of carbonyl (C=O) groups is 1. The maximum absolute atomic E-state index is 12.3. The van der Waals surface area contributed by atoms with Crippen LogP contribution in [0.25, 0.3) is 0 Å². The molecule has 5 nitrogen and oxygen atoms in total. The number of benzene rings is 1. The Bertz CT molecular complexity index is 544. The summed E-state index contributed by atoms with van der Waals surface area (Å²) in [5.41, 5.74) is 5.26. The second-order valence-corrected chi connectivity index (χ2v) is 6.15. The Morgan fingerprint density at radius 3 is 2.68 bits per heavy atom. The van der Waals surface area contributed by atoms with E-state index >= 15 is 0 Å². The van der Waals surface area contributed by atoms with Crippen molar-refractivity contribution >= 4 is 51.6 Å². The molecule has 1 aliphatic rings. The minimum Gasteiger partial charge on any atom is -0.409 e. The van der Waals surface area contributed by atoms with Crippen LogP contribution < -0.4 is 11.1 Å². The van der Waals surface area contributed by atoms with Crippen LogP contribution in [0.3, 0.4) is 0 Å². The van der Waals surface area contributed by atoms with E-state index in [0.29, 0.717) is 23.6 Å². The quantitative estimate of drug-likeness (QED) is 0.243. The molecule has 0 aliphatic heterocycles. The molecule has 0 bridgehead atoms. The van der Waals surface area contributed by atoms with Crippen molar-refractivity contribution in [1.29, 1.82) is 0 Å². The summed E-state index contributed by atoms with van der Waals surface area (Å²) in [7, 11) is 0. The highest BCUT2D eigenvalue weighted by atomic mass is 127. The van der Waals surface area contributed by atoms with E-state index in [-0.39, 0.29) is 11.7 Å². The lowest BCUT2D eigenvalue weighted by atomic mass is 9.67. The van der Waals surface area contributed by atoms with Gasteiger partial charge in [0.1, 0.15) is 5.41 Å². The van der Waals surface area contributed by atoms with Crippen molar-refractivity contribution in [2.45, 2.75) is 19.3 Å². The predicted molar refractivity (Wildman–Crippen MR) is 82.5 cm³/mol. The van der Waals surface area contributed by atoms with Gasteiger partial charge in [-0.25, -0.2) is 0 Å². The lowest BCUT2D eigenvalue weighted by molar-refractivity contribution is -0.125. The molecule has 1 aromatic carbocycles. The third-order valence-electron chi connectivity index (χ3n) is 3.42. The number of nitrogens with two attached hydrogens (primary N) is 1. The number of nitrogens with one attached hydrogen (secondary N) is 1. The third kappa shape index (κ3) is 2.64. The number of anilines is 1. The van der Waals surface area contributed by atoms with Crippen molar-refractivity contribution in [3.05, 3.63) is 26.8 Å². The molecule has 2 rings (SSSR count). The Balaban J connectivity index is 2.21. The Morgan fingerprint density at radius 2 is 2.21 bits per heavy atom. The first-order valence-corrected chi connectivity index (χ1v) is 7.20. The number of hydrogen-bond acceptors (Lipinski definition) is 3. The first-order valence-electron chi connectivity index (χ1n) is 5.74. The van der Waals surface area contributed by atoms with Gasteiger partial charge >= 0.3 is 0 Å². The number of amides is 1. The summed E-state index contributed by atoms with van der Waals surface area (Å²) in [6.45, 7) is 0. The summed E-state index contributed by atoms with van der Waals surface area (Å²) in [5, 5.41) is 15.0. The van der Waals surface area contributed by atoms with Gasteiger partial charge in [-0.15, -0.1) is 0 Å². The monoisotopic (exact) mass is 393 g/mol. The molecule has 7 heteroatoms. The van der Waals surface area contributed by atoms with Crippen molar-refractivity contribution in [3.8, 4) is 0 Å². The number of hydrogen-bond donors (Lipinski definition) is 3. The van der Waals surface area contributed by atoms with Gasteiger partial charge in [-0.05, 0) is 53.6 Å². The van der Waals surface area contributed by atoms with Crippen LogP contribution in [0.5, 0.6) is 0 Å². The minimum atomic E-state index is -0.902. The van der Waals surface area contributed by atoms with Gasteiger partial charge in [-0.3, -0.25) is 4.79 Å². The molecular weight excluding hydrogens is 381 g/mol. The number of nitrogens with zero attached hydrogens (tertiary/aromatic N) is 1. The summed E-state index contributed by atoms with van der Waals surface area (Å²) in [6, 6.07) is 5.34. The predicted octanol–water partition coefficient (Wildman–Crippen LogP) is 2.80. The first kappa shape index (κ1) is 14.4. The van der Waals surface area contributed by atoms with E-state index in [1.807, 2.05) is 6.07 Å². The van der Waals surface area contributed by atoms with Gasteiger partial charge < -0.3 is 16.3 Å². The summed E-state index contributed by atoms with van der Waals surface area (Å²) in [4.78, 5) is 12.3. The number of halogens is 2. The molecule has 1 amide bonds. The summed E-state index contributed by atoms with van der Waals surface area (Å²) < 4.78 is 0.982. The molecule has 0 saturated heterocycles. The molecule has 0 atom stereocenters. The van der Waals surface area contributed by atoms with Crippen LogP contribution >= 0.6 is 34.2 Å². The third-order valence-corrected chi connectivity index (χ3v) is 4.40.